The first kappa shape index (κ1) is 12.2. The highest BCUT2D eigenvalue weighted by Gasteiger charge is 2.06. The van der Waals surface area contributed by atoms with Crippen LogP contribution < -0.4 is 5.73 Å². The van der Waals surface area contributed by atoms with E-state index in [4.69, 9.17) is 5.73 Å². The van der Waals surface area contributed by atoms with E-state index >= 15 is 0 Å². The van der Waals surface area contributed by atoms with Gasteiger partial charge in [-0.25, -0.2) is 0 Å². The topological polar surface area (TPSA) is 38.4 Å². The Labute approximate surface area is 97.2 Å². The molecule has 0 aliphatic heterocycles. The average Bonchev–Trinajstić information content (AvgIpc) is 2.28. The van der Waals surface area contributed by atoms with Crippen molar-refractivity contribution in [1.82, 2.24) is 0 Å². The third kappa shape index (κ3) is 2.60. The van der Waals surface area contributed by atoms with Crippen LogP contribution in [-0.2, 0) is 0 Å². The second-order valence-electron chi connectivity index (χ2n) is 3.70. The van der Waals surface area contributed by atoms with Crippen LogP contribution in [0.4, 0.5) is 5.69 Å². The van der Waals surface area contributed by atoms with Crippen LogP contribution >= 0.6 is 0 Å². The van der Waals surface area contributed by atoms with Crippen LogP contribution in [0.15, 0.2) is 41.4 Å². The lowest BCUT2D eigenvalue weighted by Gasteiger charge is -2.10. The number of nitrogen functional groups attached to an aromatic ring is 1. The van der Waals surface area contributed by atoms with E-state index in [-0.39, 0.29) is 0 Å². The Bertz CT molecular complexity index is 454. The largest absolute Gasteiger partial charge is 0.398 e. The van der Waals surface area contributed by atoms with E-state index in [1.165, 1.54) is 5.56 Å². The van der Waals surface area contributed by atoms with E-state index in [2.05, 4.69) is 11.6 Å². The molecule has 0 heterocycles. The molecule has 0 aromatic heterocycles. The monoisotopic (exact) mass is 214 g/mol. The number of benzene rings is 1. The summed E-state index contributed by atoms with van der Waals surface area (Å²) in [6.07, 6.45) is 3.78. The van der Waals surface area contributed by atoms with E-state index in [1.54, 1.807) is 13.3 Å². The fraction of sp³-hybridized carbons (Fsp3) is 0.214. The molecule has 0 amide bonds. The highest BCUT2D eigenvalue weighted by Crippen LogP contribution is 2.26. The summed E-state index contributed by atoms with van der Waals surface area (Å²) in [6, 6.07) is 5.95. The van der Waals surface area contributed by atoms with Crippen molar-refractivity contribution < 1.29 is 0 Å². The molecule has 2 heteroatoms. The van der Waals surface area contributed by atoms with Crippen LogP contribution in [0, 0.1) is 6.92 Å². The molecule has 0 atom stereocenters. The van der Waals surface area contributed by atoms with Gasteiger partial charge < -0.3 is 5.73 Å². The maximum absolute atomic E-state index is 5.95. The Morgan fingerprint density at radius 3 is 2.69 bits per heavy atom. The lowest BCUT2D eigenvalue weighted by Crippen LogP contribution is -1.97. The Kier molecular flexibility index (Phi) is 4.06. The zero-order valence-electron chi connectivity index (χ0n) is 10.1. The molecule has 1 aromatic carbocycles. The lowest BCUT2D eigenvalue weighted by molar-refractivity contribution is 1.43. The normalized spacial score (nSPS) is 12.1. The van der Waals surface area contributed by atoms with E-state index < -0.39 is 0 Å². The minimum Gasteiger partial charge on any atom is -0.398 e. The fourth-order valence-corrected chi connectivity index (χ4v) is 1.55. The van der Waals surface area contributed by atoms with Gasteiger partial charge in [0.15, 0.2) is 0 Å². The number of anilines is 1. The van der Waals surface area contributed by atoms with Gasteiger partial charge in [0.1, 0.15) is 0 Å². The number of allylic oxidation sites excluding steroid dienone is 3. The highest BCUT2D eigenvalue weighted by molar-refractivity contribution is 6.01. The summed E-state index contributed by atoms with van der Waals surface area (Å²) >= 11 is 0. The van der Waals surface area contributed by atoms with Crippen molar-refractivity contribution in [2.45, 2.75) is 13.8 Å². The molecular weight excluding hydrogens is 196 g/mol. The molecule has 0 unspecified atom stereocenters. The average molecular weight is 214 g/mol. The summed E-state index contributed by atoms with van der Waals surface area (Å²) in [5.74, 6) is 0. The highest BCUT2D eigenvalue weighted by atomic mass is 14.6. The van der Waals surface area contributed by atoms with Crippen LogP contribution in [0.1, 0.15) is 18.1 Å². The van der Waals surface area contributed by atoms with E-state index in [9.17, 15) is 0 Å². The van der Waals surface area contributed by atoms with Gasteiger partial charge >= 0.3 is 0 Å². The maximum atomic E-state index is 5.95. The smallest absolute Gasteiger partial charge is 0.0393 e. The minimum absolute atomic E-state index is 0.749. The SMILES string of the molecule is C=C(/C(C=NC)=C/C)c1cc(C)ccc1N. The molecule has 2 N–H and O–H groups in total. The Morgan fingerprint density at radius 2 is 2.12 bits per heavy atom. The third-order valence-corrected chi connectivity index (χ3v) is 2.46. The molecule has 0 spiro atoms. The van der Waals surface area contributed by atoms with E-state index in [1.807, 2.05) is 38.1 Å². The molecule has 1 aromatic rings. The number of hydrogen-bond donors (Lipinski definition) is 1. The fourth-order valence-electron chi connectivity index (χ4n) is 1.55. The zero-order chi connectivity index (χ0) is 12.1. The number of hydrogen-bond acceptors (Lipinski definition) is 2. The van der Waals surface area contributed by atoms with Crippen molar-refractivity contribution in [2.24, 2.45) is 4.99 Å². The molecule has 0 bridgehead atoms. The molecule has 0 aliphatic carbocycles. The summed E-state index contributed by atoms with van der Waals surface area (Å²) in [7, 11) is 1.75. The lowest BCUT2D eigenvalue weighted by atomic mass is 9.97. The maximum Gasteiger partial charge on any atom is 0.0393 e. The van der Waals surface area contributed by atoms with Crippen LogP contribution in [0.3, 0.4) is 0 Å². The predicted octanol–water partition coefficient (Wildman–Crippen LogP) is 3.24. The molecule has 0 aliphatic rings. The molecule has 16 heavy (non-hydrogen) atoms. The van der Waals surface area contributed by atoms with Crippen molar-refractivity contribution in [2.75, 3.05) is 12.8 Å². The van der Waals surface area contributed by atoms with Crippen molar-refractivity contribution in [3.63, 3.8) is 0 Å². The Balaban J connectivity index is 3.18. The summed E-state index contributed by atoms with van der Waals surface area (Å²) in [5, 5.41) is 0. The van der Waals surface area contributed by atoms with Gasteiger partial charge in [0.05, 0.1) is 0 Å². The standard InChI is InChI=1S/C14H18N2/c1-5-12(9-16-4)11(3)13-8-10(2)6-7-14(13)15/h5-9H,3,15H2,1-2,4H3/b12-5+,16-9?. The molecule has 2 nitrogen and oxygen atoms in total. The Morgan fingerprint density at radius 1 is 1.44 bits per heavy atom. The van der Waals surface area contributed by atoms with Gasteiger partial charge in [-0.15, -0.1) is 0 Å². The quantitative estimate of drug-likeness (QED) is 0.468. The van der Waals surface area contributed by atoms with Gasteiger partial charge in [-0.2, -0.15) is 0 Å². The first-order valence-electron chi connectivity index (χ1n) is 5.24. The van der Waals surface area contributed by atoms with Gasteiger partial charge in [0.2, 0.25) is 0 Å². The van der Waals surface area contributed by atoms with Crippen molar-refractivity contribution >= 4 is 17.5 Å². The van der Waals surface area contributed by atoms with Crippen molar-refractivity contribution in [3.8, 4) is 0 Å². The molecule has 84 valence electrons. The molecule has 0 saturated heterocycles. The van der Waals surface area contributed by atoms with Gasteiger partial charge in [0.25, 0.3) is 0 Å². The number of aryl methyl sites for hydroxylation is 1. The van der Waals surface area contributed by atoms with Crippen LogP contribution in [0.25, 0.3) is 5.57 Å². The Hall–Kier alpha value is -1.83. The first-order chi connectivity index (χ1) is 7.60. The first-order valence-corrected chi connectivity index (χ1v) is 5.24. The van der Waals surface area contributed by atoms with Gasteiger partial charge in [-0.1, -0.05) is 24.3 Å². The van der Waals surface area contributed by atoms with Gasteiger partial charge in [-0.05, 0) is 37.1 Å². The second-order valence-corrected chi connectivity index (χ2v) is 3.70. The van der Waals surface area contributed by atoms with Crippen molar-refractivity contribution in [3.05, 3.63) is 47.6 Å². The number of aliphatic imine (C=N–C) groups is 1. The molecule has 0 radical (unpaired) electrons. The molecule has 0 fully saturated rings. The predicted molar refractivity (Wildman–Crippen MR) is 72.8 cm³/mol. The number of nitrogens with two attached hydrogens (primary N) is 1. The summed E-state index contributed by atoms with van der Waals surface area (Å²) in [6.45, 7) is 8.08. The second kappa shape index (κ2) is 5.31. The summed E-state index contributed by atoms with van der Waals surface area (Å²) in [4.78, 5) is 4.01. The van der Waals surface area contributed by atoms with E-state index in [0.717, 1.165) is 22.4 Å². The van der Waals surface area contributed by atoms with E-state index in [0.29, 0.717) is 0 Å². The van der Waals surface area contributed by atoms with Crippen LogP contribution in [0.5, 0.6) is 0 Å². The van der Waals surface area contributed by atoms with Crippen LogP contribution in [-0.4, -0.2) is 13.3 Å². The third-order valence-electron chi connectivity index (χ3n) is 2.46. The summed E-state index contributed by atoms with van der Waals surface area (Å²) < 4.78 is 0. The number of nitrogens with zero attached hydrogens (tertiary/aromatic N) is 1. The zero-order valence-corrected chi connectivity index (χ0v) is 10.1. The minimum atomic E-state index is 0.749. The number of rotatable bonds is 3. The summed E-state index contributed by atoms with van der Waals surface area (Å²) in [5.41, 5.74) is 10.8. The molecular formula is C14H18N2. The van der Waals surface area contributed by atoms with Gasteiger partial charge in [0, 0.05) is 24.5 Å². The molecule has 0 saturated carbocycles. The van der Waals surface area contributed by atoms with Crippen LogP contribution in [0.2, 0.25) is 0 Å². The van der Waals surface area contributed by atoms with Crippen molar-refractivity contribution in [1.29, 1.82) is 0 Å². The van der Waals surface area contributed by atoms with Gasteiger partial charge in [-0.3, -0.25) is 4.99 Å². The molecule has 1 rings (SSSR count).